The third-order valence-corrected chi connectivity index (χ3v) is 2.96. The SMILES string of the molecule is CCc1ncc2n1CCC(O)(C(=O)O)C2. The lowest BCUT2D eigenvalue weighted by molar-refractivity contribution is -0.160. The van der Waals surface area contributed by atoms with Crippen LogP contribution in [0.25, 0.3) is 0 Å². The van der Waals surface area contributed by atoms with E-state index in [0.29, 0.717) is 6.54 Å². The molecule has 15 heavy (non-hydrogen) atoms. The van der Waals surface area contributed by atoms with Crippen molar-refractivity contribution in [3.8, 4) is 0 Å². The second-order valence-corrected chi connectivity index (χ2v) is 3.93. The first-order chi connectivity index (χ1) is 7.07. The number of aryl methyl sites for hydroxylation is 1. The Morgan fingerprint density at radius 2 is 2.47 bits per heavy atom. The summed E-state index contributed by atoms with van der Waals surface area (Å²) in [6, 6.07) is 0. The van der Waals surface area contributed by atoms with Crippen molar-refractivity contribution in [2.75, 3.05) is 0 Å². The summed E-state index contributed by atoms with van der Waals surface area (Å²) in [6.45, 7) is 2.54. The summed E-state index contributed by atoms with van der Waals surface area (Å²) in [5, 5.41) is 18.7. The predicted octanol–water partition coefficient (Wildman–Crippen LogP) is 0.207. The number of carboxylic acid groups (broad SMARTS) is 1. The molecule has 0 aliphatic carbocycles. The lowest BCUT2D eigenvalue weighted by Crippen LogP contribution is -2.45. The van der Waals surface area contributed by atoms with Crippen molar-refractivity contribution in [2.45, 2.75) is 38.3 Å². The van der Waals surface area contributed by atoms with Crippen LogP contribution in [0, 0.1) is 0 Å². The van der Waals surface area contributed by atoms with E-state index >= 15 is 0 Å². The molecule has 0 radical (unpaired) electrons. The highest BCUT2D eigenvalue weighted by molar-refractivity contribution is 5.77. The Bertz CT molecular complexity index is 399. The van der Waals surface area contributed by atoms with E-state index in [-0.39, 0.29) is 12.8 Å². The summed E-state index contributed by atoms with van der Waals surface area (Å²) in [5.74, 6) is -0.189. The molecule has 0 saturated heterocycles. The number of hydrogen-bond donors (Lipinski definition) is 2. The van der Waals surface area contributed by atoms with E-state index in [1.165, 1.54) is 0 Å². The van der Waals surface area contributed by atoms with E-state index in [1.807, 2.05) is 11.5 Å². The molecule has 2 heterocycles. The van der Waals surface area contributed by atoms with Gasteiger partial charge in [0.25, 0.3) is 0 Å². The highest BCUT2D eigenvalue weighted by atomic mass is 16.4. The van der Waals surface area contributed by atoms with Gasteiger partial charge < -0.3 is 14.8 Å². The topological polar surface area (TPSA) is 75.3 Å². The molecule has 5 heteroatoms. The minimum atomic E-state index is -1.61. The van der Waals surface area contributed by atoms with Crippen LogP contribution in [0.15, 0.2) is 6.20 Å². The van der Waals surface area contributed by atoms with Crippen molar-refractivity contribution in [1.29, 1.82) is 0 Å². The molecule has 0 spiro atoms. The van der Waals surface area contributed by atoms with Crippen molar-refractivity contribution < 1.29 is 15.0 Å². The minimum Gasteiger partial charge on any atom is -0.479 e. The molecule has 5 nitrogen and oxygen atoms in total. The first-order valence-corrected chi connectivity index (χ1v) is 5.06. The van der Waals surface area contributed by atoms with Crippen LogP contribution in [-0.4, -0.2) is 31.3 Å². The Balaban J connectivity index is 2.32. The van der Waals surface area contributed by atoms with Crippen molar-refractivity contribution in [1.82, 2.24) is 9.55 Å². The zero-order chi connectivity index (χ0) is 11.1. The zero-order valence-electron chi connectivity index (χ0n) is 8.60. The van der Waals surface area contributed by atoms with Gasteiger partial charge in [0.1, 0.15) is 5.82 Å². The molecule has 0 aromatic carbocycles. The van der Waals surface area contributed by atoms with Crippen molar-refractivity contribution in [3.05, 3.63) is 17.7 Å². The van der Waals surface area contributed by atoms with Gasteiger partial charge >= 0.3 is 5.97 Å². The van der Waals surface area contributed by atoms with Crippen molar-refractivity contribution >= 4 is 5.97 Å². The summed E-state index contributed by atoms with van der Waals surface area (Å²) in [4.78, 5) is 15.1. The maximum atomic E-state index is 10.9. The molecule has 0 amide bonds. The summed E-state index contributed by atoms with van der Waals surface area (Å²) < 4.78 is 2.00. The summed E-state index contributed by atoms with van der Waals surface area (Å²) >= 11 is 0. The molecule has 0 saturated carbocycles. The van der Waals surface area contributed by atoms with E-state index in [4.69, 9.17) is 5.11 Å². The fourth-order valence-electron chi connectivity index (χ4n) is 2.02. The van der Waals surface area contributed by atoms with Crippen LogP contribution in [0.5, 0.6) is 0 Å². The number of rotatable bonds is 2. The third-order valence-electron chi connectivity index (χ3n) is 2.96. The van der Waals surface area contributed by atoms with E-state index in [2.05, 4.69) is 4.98 Å². The molecule has 1 unspecified atom stereocenters. The zero-order valence-corrected chi connectivity index (χ0v) is 8.60. The Morgan fingerprint density at radius 3 is 3.07 bits per heavy atom. The van der Waals surface area contributed by atoms with Crippen LogP contribution >= 0.6 is 0 Å². The van der Waals surface area contributed by atoms with Gasteiger partial charge in [-0.15, -0.1) is 0 Å². The maximum absolute atomic E-state index is 10.9. The number of nitrogens with zero attached hydrogens (tertiary/aromatic N) is 2. The van der Waals surface area contributed by atoms with Crippen molar-refractivity contribution in [2.24, 2.45) is 0 Å². The van der Waals surface area contributed by atoms with Crippen LogP contribution in [0.1, 0.15) is 24.9 Å². The van der Waals surface area contributed by atoms with Gasteiger partial charge in [-0.1, -0.05) is 6.92 Å². The fraction of sp³-hybridized carbons (Fsp3) is 0.600. The Labute approximate surface area is 87.4 Å². The number of aliphatic carboxylic acids is 1. The largest absolute Gasteiger partial charge is 0.479 e. The monoisotopic (exact) mass is 210 g/mol. The minimum absolute atomic E-state index is 0.148. The highest BCUT2D eigenvalue weighted by Crippen LogP contribution is 2.25. The molecular weight excluding hydrogens is 196 g/mol. The summed E-state index contributed by atoms with van der Waals surface area (Å²) in [5.41, 5.74) is -0.802. The van der Waals surface area contributed by atoms with Gasteiger partial charge in [0.15, 0.2) is 5.60 Å². The number of fused-ring (bicyclic) bond motifs is 1. The number of carbonyl (C=O) groups is 1. The normalized spacial score (nSPS) is 24.9. The molecular formula is C10H14N2O3. The van der Waals surface area contributed by atoms with Gasteiger partial charge in [-0.05, 0) is 0 Å². The van der Waals surface area contributed by atoms with Crippen LogP contribution in [0.2, 0.25) is 0 Å². The number of aliphatic hydroxyl groups is 1. The average Bonchev–Trinajstić information content (AvgIpc) is 2.59. The van der Waals surface area contributed by atoms with E-state index in [0.717, 1.165) is 17.9 Å². The standard InChI is InChI=1S/C10H14N2O3/c1-2-8-11-6-7-5-10(15,9(13)14)3-4-12(7)8/h6,15H,2-5H2,1H3,(H,13,14). The van der Waals surface area contributed by atoms with Crippen LogP contribution in [0.3, 0.4) is 0 Å². The number of imidazole rings is 1. The Kier molecular flexibility index (Phi) is 2.26. The third kappa shape index (κ3) is 1.52. The van der Waals surface area contributed by atoms with Crippen LogP contribution in [0.4, 0.5) is 0 Å². The quantitative estimate of drug-likeness (QED) is 0.731. The molecule has 1 aromatic heterocycles. The van der Waals surface area contributed by atoms with Gasteiger partial charge in [0.2, 0.25) is 0 Å². The second-order valence-electron chi connectivity index (χ2n) is 3.93. The number of hydrogen-bond acceptors (Lipinski definition) is 3. The van der Waals surface area contributed by atoms with E-state index < -0.39 is 11.6 Å². The maximum Gasteiger partial charge on any atom is 0.336 e. The summed E-state index contributed by atoms with van der Waals surface area (Å²) in [6.07, 6.45) is 2.88. The van der Waals surface area contributed by atoms with Gasteiger partial charge in [-0.25, -0.2) is 9.78 Å². The lowest BCUT2D eigenvalue weighted by Gasteiger charge is -2.29. The second kappa shape index (κ2) is 3.34. The molecule has 1 aliphatic rings. The molecule has 2 N–H and O–H groups in total. The smallest absolute Gasteiger partial charge is 0.336 e. The molecule has 1 atom stereocenters. The Hall–Kier alpha value is -1.36. The molecule has 1 aliphatic heterocycles. The molecule has 2 rings (SSSR count). The van der Waals surface area contributed by atoms with E-state index in [9.17, 15) is 9.90 Å². The average molecular weight is 210 g/mol. The number of aromatic nitrogens is 2. The highest BCUT2D eigenvalue weighted by Gasteiger charge is 2.40. The first kappa shape index (κ1) is 10.2. The van der Waals surface area contributed by atoms with Gasteiger partial charge in [-0.2, -0.15) is 0 Å². The van der Waals surface area contributed by atoms with Crippen LogP contribution in [-0.2, 0) is 24.2 Å². The molecule has 82 valence electrons. The lowest BCUT2D eigenvalue weighted by atomic mass is 9.91. The van der Waals surface area contributed by atoms with E-state index in [1.54, 1.807) is 6.20 Å². The van der Waals surface area contributed by atoms with Crippen LogP contribution < -0.4 is 0 Å². The fourth-order valence-corrected chi connectivity index (χ4v) is 2.02. The van der Waals surface area contributed by atoms with Crippen molar-refractivity contribution in [3.63, 3.8) is 0 Å². The van der Waals surface area contributed by atoms with Gasteiger partial charge in [0.05, 0.1) is 0 Å². The molecule has 0 bridgehead atoms. The first-order valence-electron chi connectivity index (χ1n) is 5.06. The summed E-state index contributed by atoms with van der Waals surface area (Å²) in [7, 11) is 0. The molecule has 1 aromatic rings. The van der Waals surface area contributed by atoms with Gasteiger partial charge in [-0.3, -0.25) is 0 Å². The predicted molar refractivity (Wildman–Crippen MR) is 52.5 cm³/mol. The van der Waals surface area contributed by atoms with Gasteiger partial charge in [0, 0.05) is 37.7 Å². The molecule has 0 fully saturated rings. The Morgan fingerprint density at radius 1 is 1.73 bits per heavy atom. The number of carboxylic acids is 1.